The lowest BCUT2D eigenvalue weighted by atomic mass is 10.2. The maximum Gasteiger partial charge on any atom is 0.333 e. The van der Waals surface area contributed by atoms with E-state index in [0.717, 1.165) is 22.1 Å². The lowest BCUT2D eigenvalue weighted by molar-refractivity contribution is -0.122. The molecule has 33 heavy (non-hydrogen) atoms. The van der Waals surface area contributed by atoms with Gasteiger partial charge in [-0.05, 0) is 24.5 Å². The third-order valence-corrected chi connectivity index (χ3v) is 5.68. The van der Waals surface area contributed by atoms with E-state index < -0.39 is 11.2 Å². The fraction of sp³-hybridized carbons (Fsp3) is 0.280. The van der Waals surface area contributed by atoms with Crippen LogP contribution in [0.3, 0.4) is 0 Å². The van der Waals surface area contributed by atoms with E-state index >= 15 is 0 Å². The fourth-order valence-corrected chi connectivity index (χ4v) is 3.75. The Bertz CT molecular complexity index is 1370. The SMILES string of the molecule is CCC(C)NC(=O)Cn1c(=O)c2c(ncn2Cc2ccccc2)n(Cc2ccccc2)c1=O. The first-order valence-electron chi connectivity index (χ1n) is 11.0. The molecule has 170 valence electrons. The minimum Gasteiger partial charge on any atom is -0.352 e. The van der Waals surface area contributed by atoms with Crippen LogP contribution in [-0.2, 0) is 24.4 Å². The van der Waals surface area contributed by atoms with Crippen molar-refractivity contribution in [1.29, 1.82) is 0 Å². The predicted octanol–water partition coefficient (Wildman–Crippen LogP) is 2.37. The first kappa shape index (κ1) is 22.3. The Kier molecular flexibility index (Phi) is 6.53. The van der Waals surface area contributed by atoms with Gasteiger partial charge in [0.2, 0.25) is 5.91 Å². The third-order valence-electron chi connectivity index (χ3n) is 5.68. The molecule has 2 heterocycles. The molecular weight excluding hydrogens is 418 g/mol. The quantitative estimate of drug-likeness (QED) is 0.451. The zero-order valence-electron chi connectivity index (χ0n) is 18.8. The molecular formula is C25H27N5O3. The van der Waals surface area contributed by atoms with E-state index in [9.17, 15) is 14.4 Å². The van der Waals surface area contributed by atoms with Gasteiger partial charge in [0.25, 0.3) is 5.56 Å². The van der Waals surface area contributed by atoms with Gasteiger partial charge in [-0.15, -0.1) is 0 Å². The van der Waals surface area contributed by atoms with Crippen molar-refractivity contribution in [3.63, 3.8) is 0 Å². The number of aromatic nitrogens is 4. The molecule has 0 spiro atoms. The van der Waals surface area contributed by atoms with Gasteiger partial charge in [0.15, 0.2) is 11.2 Å². The van der Waals surface area contributed by atoms with Crippen LogP contribution in [0.25, 0.3) is 11.2 Å². The Morgan fingerprint density at radius 1 is 0.939 bits per heavy atom. The molecule has 0 aliphatic heterocycles. The highest BCUT2D eigenvalue weighted by molar-refractivity contribution is 5.77. The Morgan fingerprint density at radius 2 is 1.55 bits per heavy atom. The van der Waals surface area contributed by atoms with Crippen molar-refractivity contribution in [2.45, 2.75) is 45.9 Å². The number of hydrogen-bond acceptors (Lipinski definition) is 4. The van der Waals surface area contributed by atoms with Crippen LogP contribution in [0.1, 0.15) is 31.4 Å². The van der Waals surface area contributed by atoms with Gasteiger partial charge in [-0.1, -0.05) is 67.6 Å². The molecule has 2 aromatic heterocycles. The topological polar surface area (TPSA) is 90.9 Å². The van der Waals surface area contributed by atoms with Gasteiger partial charge < -0.3 is 9.88 Å². The van der Waals surface area contributed by atoms with Crippen LogP contribution in [0.2, 0.25) is 0 Å². The van der Waals surface area contributed by atoms with E-state index in [1.165, 1.54) is 4.57 Å². The molecule has 0 bridgehead atoms. The maximum absolute atomic E-state index is 13.4. The summed E-state index contributed by atoms with van der Waals surface area (Å²) in [5, 5.41) is 2.83. The molecule has 4 aromatic rings. The minimum atomic E-state index is -0.555. The van der Waals surface area contributed by atoms with Crippen molar-refractivity contribution in [1.82, 2.24) is 24.0 Å². The van der Waals surface area contributed by atoms with Crippen molar-refractivity contribution in [2.24, 2.45) is 0 Å². The average molecular weight is 446 g/mol. The normalized spacial score (nSPS) is 12.1. The summed E-state index contributed by atoms with van der Waals surface area (Å²) in [5.41, 5.74) is 1.42. The smallest absolute Gasteiger partial charge is 0.333 e. The minimum absolute atomic E-state index is 0.0490. The highest BCUT2D eigenvalue weighted by Gasteiger charge is 2.20. The van der Waals surface area contributed by atoms with E-state index in [4.69, 9.17) is 0 Å². The maximum atomic E-state index is 13.4. The van der Waals surface area contributed by atoms with Crippen molar-refractivity contribution in [3.8, 4) is 0 Å². The first-order valence-corrected chi connectivity index (χ1v) is 11.0. The molecule has 4 rings (SSSR count). The number of carbonyl (C=O) groups is 1. The third kappa shape index (κ3) is 4.79. The molecule has 0 aliphatic rings. The van der Waals surface area contributed by atoms with Gasteiger partial charge in [-0.25, -0.2) is 14.3 Å². The van der Waals surface area contributed by atoms with Crippen LogP contribution >= 0.6 is 0 Å². The van der Waals surface area contributed by atoms with Gasteiger partial charge >= 0.3 is 5.69 Å². The number of hydrogen-bond donors (Lipinski definition) is 1. The van der Waals surface area contributed by atoms with Crippen LogP contribution < -0.4 is 16.6 Å². The molecule has 0 radical (unpaired) electrons. The number of fused-ring (bicyclic) bond motifs is 1. The zero-order chi connectivity index (χ0) is 23.4. The molecule has 1 N–H and O–H groups in total. The van der Waals surface area contributed by atoms with Gasteiger partial charge in [0, 0.05) is 12.6 Å². The van der Waals surface area contributed by atoms with Crippen LogP contribution in [0.15, 0.2) is 76.6 Å². The monoisotopic (exact) mass is 445 g/mol. The number of amides is 1. The highest BCUT2D eigenvalue weighted by atomic mass is 16.2. The van der Waals surface area contributed by atoms with Crippen molar-refractivity contribution in [2.75, 3.05) is 0 Å². The highest BCUT2D eigenvalue weighted by Crippen LogP contribution is 2.12. The molecule has 0 fully saturated rings. The van der Waals surface area contributed by atoms with Gasteiger partial charge in [-0.2, -0.15) is 0 Å². The van der Waals surface area contributed by atoms with E-state index in [2.05, 4.69) is 10.3 Å². The summed E-state index contributed by atoms with van der Waals surface area (Å²) in [6.07, 6.45) is 2.32. The van der Waals surface area contributed by atoms with E-state index in [0.29, 0.717) is 17.7 Å². The molecule has 0 aliphatic carbocycles. The van der Waals surface area contributed by atoms with Crippen LogP contribution in [0, 0.1) is 0 Å². The summed E-state index contributed by atoms with van der Waals surface area (Å²) in [5.74, 6) is -0.372. The molecule has 2 aromatic carbocycles. The largest absolute Gasteiger partial charge is 0.352 e. The van der Waals surface area contributed by atoms with Crippen LogP contribution in [-0.4, -0.2) is 30.6 Å². The molecule has 8 nitrogen and oxygen atoms in total. The predicted molar refractivity (Wildman–Crippen MR) is 127 cm³/mol. The molecule has 0 saturated carbocycles. The lowest BCUT2D eigenvalue weighted by Crippen LogP contribution is -2.45. The Labute approximate surface area is 191 Å². The Hall–Kier alpha value is -3.94. The van der Waals surface area contributed by atoms with Crippen LogP contribution in [0.5, 0.6) is 0 Å². The summed E-state index contributed by atoms with van der Waals surface area (Å²) in [6.45, 7) is 4.16. The van der Waals surface area contributed by atoms with E-state index in [1.807, 2.05) is 74.5 Å². The molecule has 8 heteroatoms. The van der Waals surface area contributed by atoms with Crippen molar-refractivity contribution < 1.29 is 4.79 Å². The fourth-order valence-electron chi connectivity index (χ4n) is 3.75. The number of imidazole rings is 1. The summed E-state index contributed by atoms with van der Waals surface area (Å²) in [4.78, 5) is 43.8. The Morgan fingerprint density at radius 3 is 2.15 bits per heavy atom. The van der Waals surface area contributed by atoms with E-state index in [-0.39, 0.29) is 25.0 Å². The molecule has 1 atom stereocenters. The van der Waals surface area contributed by atoms with Crippen molar-refractivity contribution in [3.05, 3.63) is 99.0 Å². The number of carbonyl (C=O) groups excluding carboxylic acids is 1. The number of benzene rings is 2. The first-order chi connectivity index (χ1) is 16.0. The van der Waals surface area contributed by atoms with E-state index in [1.54, 1.807) is 10.9 Å². The van der Waals surface area contributed by atoms with Crippen LogP contribution in [0.4, 0.5) is 0 Å². The number of nitrogens with one attached hydrogen (secondary N) is 1. The lowest BCUT2D eigenvalue weighted by Gasteiger charge is -2.15. The van der Waals surface area contributed by atoms with Crippen molar-refractivity contribution >= 4 is 17.1 Å². The molecule has 0 saturated heterocycles. The number of rotatable bonds is 8. The second kappa shape index (κ2) is 9.68. The van der Waals surface area contributed by atoms with Gasteiger partial charge in [-0.3, -0.25) is 14.2 Å². The molecule has 1 amide bonds. The number of nitrogens with zero attached hydrogens (tertiary/aromatic N) is 4. The Balaban J connectivity index is 1.84. The molecule has 1 unspecified atom stereocenters. The summed E-state index contributed by atoms with van der Waals surface area (Å²) in [7, 11) is 0. The standard InChI is InChI=1S/C25H27N5O3/c1-3-18(2)27-21(31)16-30-24(32)22-23(26-17-28(22)14-19-10-6-4-7-11-19)29(25(30)33)15-20-12-8-5-9-13-20/h4-13,17-18H,3,14-16H2,1-2H3,(H,27,31). The average Bonchev–Trinajstić information content (AvgIpc) is 3.24. The summed E-state index contributed by atoms with van der Waals surface area (Å²) < 4.78 is 4.20. The van der Waals surface area contributed by atoms with Gasteiger partial charge in [0.05, 0.1) is 12.9 Å². The van der Waals surface area contributed by atoms with Gasteiger partial charge in [0.1, 0.15) is 6.54 Å². The summed E-state index contributed by atoms with van der Waals surface area (Å²) >= 11 is 0. The zero-order valence-corrected chi connectivity index (χ0v) is 18.8. The second-order valence-electron chi connectivity index (χ2n) is 8.15. The second-order valence-corrected chi connectivity index (χ2v) is 8.15. The summed E-state index contributed by atoms with van der Waals surface area (Å²) in [6, 6.07) is 19.2.